The number of benzene rings is 1. The highest BCUT2D eigenvalue weighted by Crippen LogP contribution is 2.25. The minimum atomic E-state index is -0.808. The van der Waals surface area contributed by atoms with Crippen molar-refractivity contribution in [1.82, 2.24) is 4.98 Å². The van der Waals surface area contributed by atoms with E-state index in [4.69, 9.17) is 5.73 Å². The van der Waals surface area contributed by atoms with Gasteiger partial charge in [-0.2, -0.15) is 5.10 Å². The van der Waals surface area contributed by atoms with E-state index in [-0.39, 0.29) is 12.1 Å². The Labute approximate surface area is 143 Å². The van der Waals surface area contributed by atoms with Crippen LogP contribution >= 0.6 is 0 Å². The molecule has 1 aromatic heterocycles. The minimum absolute atomic E-state index is 0.0599. The van der Waals surface area contributed by atoms with Crippen molar-refractivity contribution in [2.24, 2.45) is 10.8 Å². The molecule has 8 heteroatoms. The molecule has 0 saturated heterocycles. The summed E-state index contributed by atoms with van der Waals surface area (Å²) in [4.78, 5) is 28.2. The Morgan fingerprint density at radius 3 is 2.56 bits per heavy atom. The fourth-order valence-corrected chi connectivity index (χ4v) is 2.43. The summed E-state index contributed by atoms with van der Waals surface area (Å²) in [5.74, 6) is -1.11. The molecule has 0 saturated carbocycles. The maximum atomic E-state index is 13.1. The van der Waals surface area contributed by atoms with Gasteiger partial charge in [-0.05, 0) is 42.8 Å². The lowest BCUT2D eigenvalue weighted by Gasteiger charge is -2.20. The number of anilines is 2. The highest BCUT2D eigenvalue weighted by molar-refractivity contribution is 6.44. The van der Waals surface area contributed by atoms with Crippen LogP contribution in [-0.2, 0) is 9.59 Å². The van der Waals surface area contributed by atoms with E-state index in [1.807, 2.05) is 13.0 Å². The Balaban J connectivity index is 1.82. The fourth-order valence-electron chi connectivity index (χ4n) is 2.43. The summed E-state index contributed by atoms with van der Waals surface area (Å²) in [5, 5.41) is 8.16. The van der Waals surface area contributed by atoms with Gasteiger partial charge in [-0.25, -0.2) is 9.37 Å². The van der Waals surface area contributed by atoms with Crippen LogP contribution in [0.15, 0.2) is 47.7 Å². The molecule has 3 rings (SSSR count). The third kappa shape index (κ3) is 3.63. The summed E-state index contributed by atoms with van der Waals surface area (Å²) in [7, 11) is 0. The number of aryl methyl sites for hydroxylation is 1. The third-order valence-corrected chi connectivity index (χ3v) is 3.75. The van der Waals surface area contributed by atoms with Gasteiger partial charge in [0.25, 0.3) is 5.91 Å². The van der Waals surface area contributed by atoms with E-state index in [9.17, 15) is 14.0 Å². The smallest absolute Gasteiger partial charge is 0.273 e. The van der Waals surface area contributed by atoms with Gasteiger partial charge in [0.15, 0.2) is 0 Å². The van der Waals surface area contributed by atoms with Crippen LogP contribution in [0, 0.1) is 12.7 Å². The SMILES string of the molecule is Cc1ccc(NC(=O)C2=NN(c3ccc(F)cc3)C(C(N)=O)C2)nc1. The third-order valence-electron chi connectivity index (χ3n) is 3.75. The lowest BCUT2D eigenvalue weighted by molar-refractivity contribution is -0.119. The molecule has 0 radical (unpaired) electrons. The molecule has 128 valence electrons. The number of hydrazone groups is 1. The Morgan fingerprint density at radius 2 is 1.96 bits per heavy atom. The maximum Gasteiger partial charge on any atom is 0.273 e. The summed E-state index contributed by atoms with van der Waals surface area (Å²) in [5.41, 5.74) is 7.00. The van der Waals surface area contributed by atoms with Gasteiger partial charge in [-0.15, -0.1) is 0 Å². The lowest BCUT2D eigenvalue weighted by Crippen LogP contribution is -2.39. The van der Waals surface area contributed by atoms with Crippen LogP contribution in [0.25, 0.3) is 0 Å². The number of hydrogen-bond donors (Lipinski definition) is 2. The average Bonchev–Trinajstić information content (AvgIpc) is 3.03. The van der Waals surface area contributed by atoms with Crippen LogP contribution in [-0.4, -0.2) is 28.6 Å². The van der Waals surface area contributed by atoms with Gasteiger partial charge in [-0.3, -0.25) is 14.6 Å². The molecule has 0 fully saturated rings. The van der Waals surface area contributed by atoms with Gasteiger partial charge in [0.1, 0.15) is 23.4 Å². The highest BCUT2D eigenvalue weighted by Gasteiger charge is 2.35. The number of nitrogens with one attached hydrogen (secondary N) is 1. The quantitative estimate of drug-likeness (QED) is 0.882. The first-order chi connectivity index (χ1) is 11.9. The molecular weight excluding hydrogens is 325 g/mol. The summed E-state index contributed by atoms with van der Waals surface area (Å²) in [6.45, 7) is 1.89. The van der Waals surface area contributed by atoms with E-state index < -0.39 is 23.7 Å². The number of hydrogen-bond acceptors (Lipinski definition) is 5. The molecule has 1 atom stereocenters. The van der Waals surface area contributed by atoms with E-state index in [1.165, 1.54) is 29.3 Å². The van der Waals surface area contributed by atoms with Crippen molar-refractivity contribution in [2.75, 3.05) is 10.3 Å². The molecule has 2 amide bonds. The van der Waals surface area contributed by atoms with E-state index in [0.29, 0.717) is 11.5 Å². The summed E-state index contributed by atoms with van der Waals surface area (Å²) >= 11 is 0. The summed E-state index contributed by atoms with van der Waals surface area (Å²) in [6, 6.07) is 8.11. The van der Waals surface area contributed by atoms with Gasteiger partial charge >= 0.3 is 0 Å². The van der Waals surface area contributed by atoms with Crippen LogP contribution in [0.3, 0.4) is 0 Å². The number of aromatic nitrogens is 1. The van der Waals surface area contributed by atoms with E-state index >= 15 is 0 Å². The number of carbonyl (C=O) groups excluding carboxylic acids is 2. The number of nitrogens with zero attached hydrogens (tertiary/aromatic N) is 3. The molecule has 0 aliphatic carbocycles. The second kappa shape index (κ2) is 6.68. The van der Waals surface area contributed by atoms with Crippen molar-refractivity contribution in [3.05, 3.63) is 54.0 Å². The molecule has 1 aromatic carbocycles. The number of nitrogens with two attached hydrogens (primary N) is 1. The maximum absolute atomic E-state index is 13.1. The van der Waals surface area contributed by atoms with Crippen molar-refractivity contribution < 1.29 is 14.0 Å². The predicted molar refractivity (Wildman–Crippen MR) is 91.5 cm³/mol. The normalized spacial score (nSPS) is 16.5. The Bertz CT molecular complexity index is 833. The lowest BCUT2D eigenvalue weighted by atomic mass is 10.1. The fraction of sp³-hybridized carbons (Fsp3) is 0.176. The molecule has 7 nitrogen and oxygen atoms in total. The van der Waals surface area contributed by atoms with Crippen molar-refractivity contribution in [3.8, 4) is 0 Å². The molecule has 1 unspecified atom stereocenters. The molecule has 1 aliphatic heterocycles. The zero-order valence-corrected chi connectivity index (χ0v) is 13.4. The number of amides is 2. The molecular formula is C17H16FN5O2. The first-order valence-corrected chi connectivity index (χ1v) is 7.59. The van der Waals surface area contributed by atoms with Crippen molar-refractivity contribution in [2.45, 2.75) is 19.4 Å². The number of carbonyl (C=O) groups is 2. The second-order valence-electron chi connectivity index (χ2n) is 5.66. The summed E-state index contributed by atoms with van der Waals surface area (Å²) in [6.07, 6.45) is 1.69. The molecule has 2 aromatic rings. The Kier molecular flexibility index (Phi) is 4.42. The zero-order chi connectivity index (χ0) is 18.0. The van der Waals surface area contributed by atoms with Crippen molar-refractivity contribution in [3.63, 3.8) is 0 Å². The monoisotopic (exact) mass is 341 g/mol. The van der Waals surface area contributed by atoms with Crippen LogP contribution in [0.2, 0.25) is 0 Å². The van der Waals surface area contributed by atoms with Gasteiger partial charge < -0.3 is 11.1 Å². The van der Waals surface area contributed by atoms with Crippen LogP contribution in [0.1, 0.15) is 12.0 Å². The number of halogens is 1. The Morgan fingerprint density at radius 1 is 1.24 bits per heavy atom. The highest BCUT2D eigenvalue weighted by atomic mass is 19.1. The molecule has 2 heterocycles. The van der Waals surface area contributed by atoms with Crippen LogP contribution < -0.4 is 16.1 Å². The first-order valence-electron chi connectivity index (χ1n) is 7.59. The molecule has 3 N–H and O–H groups in total. The standard InChI is InChI=1S/C17H16FN5O2/c1-10-2-7-15(20-9-10)21-17(25)13-8-14(16(19)24)23(22-13)12-5-3-11(18)4-6-12/h2-7,9,14H,8H2,1H3,(H2,19,24)(H,20,21,25). The minimum Gasteiger partial charge on any atom is -0.368 e. The van der Waals surface area contributed by atoms with E-state index in [2.05, 4.69) is 15.4 Å². The van der Waals surface area contributed by atoms with Gasteiger partial charge in [-0.1, -0.05) is 6.07 Å². The van der Waals surface area contributed by atoms with E-state index in [1.54, 1.807) is 12.3 Å². The summed E-state index contributed by atoms with van der Waals surface area (Å²) < 4.78 is 13.1. The predicted octanol–water partition coefficient (Wildman–Crippen LogP) is 1.59. The zero-order valence-electron chi connectivity index (χ0n) is 13.4. The number of rotatable bonds is 4. The Hall–Kier alpha value is -3.29. The number of pyridine rings is 1. The molecule has 25 heavy (non-hydrogen) atoms. The first kappa shape index (κ1) is 16.6. The molecule has 1 aliphatic rings. The van der Waals surface area contributed by atoms with E-state index in [0.717, 1.165) is 5.56 Å². The molecule has 0 spiro atoms. The van der Waals surface area contributed by atoms with Gasteiger partial charge in [0.05, 0.1) is 5.69 Å². The van der Waals surface area contributed by atoms with Crippen molar-refractivity contribution >= 4 is 29.0 Å². The van der Waals surface area contributed by atoms with Crippen LogP contribution in [0.5, 0.6) is 0 Å². The topological polar surface area (TPSA) is 101 Å². The van der Waals surface area contributed by atoms with Gasteiger partial charge in [0, 0.05) is 12.6 Å². The van der Waals surface area contributed by atoms with Crippen molar-refractivity contribution in [1.29, 1.82) is 0 Å². The van der Waals surface area contributed by atoms with Gasteiger partial charge in [0.2, 0.25) is 5.91 Å². The largest absolute Gasteiger partial charge is 0.368 e. The number of primary amides is 1. The second-order valence-corrected chi connectivity index (χ2v) is 5.66. The molecule has 0 bridgehead atoms. The average molecular weight is 341 g/mol. The van der Waals surface area contributed by atoms with Crippen LogP contribution in [0.4, 0.5) is 15.9 Å².